The maximum absolute atomic E-state index is 12.2. The van der Waals surface area contributed by atoms with Gasteiger partial charge in [0.2, 0.25) is 0 Å². The Labute approximate surface area is 106 Å². The number of sulfonamides is 1. The lowest BCUT2D eigenvalue weighted by Crippen LogP contribution is -2.35. The first-order valence-corrected chi connectivity index (χ1v) is 7.03. The van der Waals surface area contributed by atoms with Crippen molar-refractivity contribution in [3.8, 4) is 0 Å². The number of rotatable bonds is 7. The number of alkyl halides is 1. The summed E-state index contributed by atoms with van der Waals surface area (Å²) < 4.78 is 32.1. The van der Waals surface area contributed by atoms with E-state index in [9.17, 15) is 8.42 Å². The van der Waals surface area contributed by atoms with Gasteiger partial charge in [0.1, 0.15) is 0 Å². The summed E-state index contributed by atoms with van der Waals surface area (Å²) in [6.07, 6.45) is 2.91. The van der Waals surface area contributed by atoms with Crippen LogP contribution in [0.4, 0.5) is 0 Å². The van der Waals surface area contributed by atoms with Gasteiger partial charge in [-0.15, -0.1) is 11.6 Å². The van der Waals surface area contributed by atoms with E-state index in [-0.39, 0.29) is 24.0 Å². The highest BCUT2D eigenvalue weighted by molar-refractivity contribution is 7.89. The first-order valence-electron chi connectivity index (χ1n) is 5.05. The van der Waals surface area contributed by atoms with E-state index in [1.54, 1.807) is 11.6 Å². The van der Waals surface area contributed by atoms with Gasteiger partial charge in [-0.2, -0.15) is 4.31 Å². The predicted molar refractivity (Wildman–Crippen MR) is 64.6 cm³/mol. The molecule has 0 saturated heterocycles. The number of nitrogens with zero attached hydrogens (tertiary/aromatic N) is 3. The molecule has 1 aromatic heterocycles. The Morgan fingerprint density at radius 1 is 1.53 bits per heavy atom. The van der Waals surface area contributed by atoms with E-state index >= 15 is 0 Å². The maximum Gasteiger partial charge on any atom is 0.262 e. The third kappa shape index (κ3) is 3.67. The molecule has 0 unspecified atom stereocenters. The molecule has 1 heterocycles. The molecule has 98 valence electrons. The van der Waals surface area contributed by atoms with E-state index in [4.69, 9.17) is 16.3 Å². The van der Waals surface area contributed by atoms with E-state index < -0.39 is 10.0 Å². The van der Waals surface area contributed by atoms with Crippen LogP contribution in [-0.2, 0) is 21.8 Å². The van der Waals surface area contributed by atoms with E-state index in [0.717, 1.165) is 0 Å². The van der Waals surface area contributed by atoms with Gasteiger partial charge in [-0.1, -0.05) is 0 Å². The van der Waals surface area contributed by atoms with Gasteiger partial charge < -0.3 is 9.30 Å². The number of aryl methyl sites for hydroxylation is 1. The zero-order chi connectivity index (χ0) is 12.9. The highest BCUT2D eigenvalue weighted by Gasteiger charge is 2.25. The van der Waals surface area contributed by atoms with E-state index in [1.165, 1.54) is 23.9 Å². The fourth-order valence-corrected chi connectivity index (χ4v) is 2.99. The van der Waals surface area contributed by atoms with Crippen LogP contribution in [0.15, 0.2) is 17.6 Å². The van der Waals surface area contributed by atoms with Crippen LogP contribution in [0.3, 0.4) is 0 Å². The van der Waals surface area contributed by atoms with Crippen molar-refractivity contribution >= 4 is 21.6 Å². The lowest BCUT2D eigenvalue weighted by molar-refractivity contribution is 0.180. The molecule has 0 atom stereocenters. The highest BCUT2D eigenvalue weighted by Crippen LogP contribution is 2.12. The Morgan fingerprint density at radius 2 is 2.24 bits per heavy atom. The predicted octanol–water partition coefficient (Wildman–Crippen LogP) is 0.296. The van der Waals surface area contributed by atoms with Gasteiger partial charge in [-0.05, 0) is 0 Å². The fraction of sp³-hybridized carbons (Fsp3) is 0.667. The molecule has 0 aliphatic rings. The van der Waals surface area contributed by atoms with Gasteiger partial charge in [0.15, 0.2) is 5.03 Å². The van der Waals surface area contributed by atoms with Crippen LogP contribution in [-0.4, -0.2) is 55.0 Å². The number of methoxy groups -OCH3 is 1. The van der Waals surface area contributed by atoms with Crippen molar-refractivity contribution in [2.75, 3.05) is 32.7 Å². The molecule has 8 heteroatoms. The smallest absolute Gasteiger partial charge is 0.262 e. The largest absolute Gasteiger partial charge is 0.383 e. The van der Waals surface area contributed by atoms with Gasteiger partial charge >= 0.3 is 0 Å². The van der Waals surface area contributed by atoms with E-state index in [1.807, 2.05) is 0 Å². The van der Waals surface area contributed by atoms with Crippen LogP contribution in [0, 0.1) is 0 Å². The first-order chi connectivity index (χ1) is 8.02. The first kappa shape index (κ1) is 14.4. The van der Waals surface area contributed by atoms with Gasteiger partial charge in [0.25, 0.3) is 10.0 Å². The average molecular weight is 282 g/mol. The average Bonchev–Trinajstić information content (AvgIpc) is 2.71. The van der Waals surface area contributed by atoms with Crippen molar-refractivity contribution in [1.82, 2.24) is 13.9 Å². The molecule has 6 nitrogen and oxygen atoms in total. The fourth-order valence-electron chi connectivity index (χ4n) is 1.29. The Bertz CT molecular complexity index is 446. The molecule has 17 heavy (non-hydrogen) atoms. The van der Waals surface area contributed by atoms with Gasteiger partial charge in [0, 0.05) is 39.3 Å². The summed E-state index contributed by atoms with van der Waals surface area (Å²) in [6.45, 7) is 0.828. The normalized spacial score (nSPS) is 12.2. The Balaban J connectivity index is 2.91. The zero-order valence-electron chi connectivity index (χ0n) is 9.84. The van der Waals surface area contributed by atoms with Crippen molar-refractivity contribution in [3.05, 3.63) is 12.5 Å². The molecule has 0 aliphatic heterocycles. The van der Waals surface area contributed by atoms with Crippen LogP contribution in [0.25, 0.3) is 0 Å². The molecule has 1 rings (SSSR count). The van der Waals surface area contributed by atoms with Gasteiger partial charge in [-0.25, -0.2) is 13.4 Å². The van der Waals surface area contributed by atoms with Crippen LogP contribution in [0.5, 0.6) is 0 Å². The van der Waals surface area contributed by atoms with Gasteiger partial charge in [-0.3, -0.25) is 0 Å². The minimum atomic E-state index is -3.58. The summed E-state index contributed by atoms with van der Waals surface area (Å²) in [5, 5.41) is 0.0289. The standard InChI is InChI=1S/C9H16ClN3O3S/c1-12-7-9(11-8-12)17(14,15)13(4-3-10)5-6-16-2/h7-8H,3-6H2,1-2H3. The molecule has 0 radical (unpaired) electrons. The summed E-state index contributed by atoms with van der Waals surface area (Å²) in [5.41, 5.74) is 0. The van der Waals surface area contributed by atoms with Gasteiger partial charge in [0.05, 0.1) is 12.9 Å². The lowest BCUT2D eigenvalue weighted by atomic mass is 10.6. The highest BCUT2D eigenvalue weighted by atomic mass is 35.5. The molecule has 0 bridgehead atoms. The third-order valence-corrected chi connectivity index (χ3v) is 4.12. The number of hydrogen-bond acceptors (Lipinski definition) is 4. The molecular formula is C9H16ClN3O3S. The van der Waals surface area contributed by atoms with Crippen LogP contribution >= 0.6 is 11.6 Å². The molecule has 0 aromatic carbocycles. The minimum Gasteiger partial charge on any atom is -0.383 e. The SMILES string of the molecule is COCCN(CCCl)S(=O)(=O)c1cn(C)cn1. The summed E-state index contributed by atoms with van der Waals surface area (Å²) in [4.78, 5) is 3.85. The van der Waals surface area contributed by atoms with Crippen LogP contribution in [0.1, 0.15) is 0 Å². The summed E-state index contributed by atoms with van der Waals surface area (Å²) >= 11 is 5.60. The summed E-state index contributed by atoms with van der Waals surface area (Å²) in [6, 6.07) is 0. The van der Waals surface area contributed by atoms with Crippen molar-refractivity contribution in [3.63, 3.8) is 0 Å². The third-order valence-electron chi connectivity index (χ3n) is 2.16. The summed E-state index contributed by atoms with van der Waals surface area (Å²) in [5.74, 6) is 0.232. The quantitative estimate of drug-likeness (QED) is 0.674. The topological polar surface area (TPSA) is 64.4 Å². The van der Waals surface area contributed by atoms with Crippen molar-refractivity contribution < 1.29 is 13.2 Å². The maximum atomic E-state index is 12.2. The molecule has 0 spiro atoms. The summed E-state index contributed by atoms with van der Waals surface area (Å²) in [7, 11) is -0.342. The Hall–Kier alpha value is -0.630. The number of halogens is 1. The molecule has 0 aliphatic carbocycles. The molecular weight excluding hydrogens is 266 g/mol. The van der Waals surface area contributed by atoms with Crippen LogP contribution in [0.2, 0.25) is 0 Å². The van der Waals surface area contributed by atoms with Crippen molar-refractivity contribution in [1.29, 1.82) is 0 Å². The van der Waals surface area contributed by atoms with Crippen molar-refractivity contribution in [2.24, 2.45) is 7.05 Å². The van der Waals surface area contributed by atoms with E-state index in [2.05, 4.69) is 4.98 Å². The number of aromatic nitrogens is 2. The van der Waals surface area contributed by atoms with Crippen LogP contribution < -0.4 is 0 Å². The number of ether oxygens (including phenoxy) is 1. The lowest BCUT2D eigenvalue weighted by Gasteiger charge is -2.19. The second-order valence-electron chi connectivity index (χ2n) is 3.46. The Morgan fingerprint density at radius 3 is 2.71 bits per heavy atom. The molecule has 0 saturated carbocycles. The van der Waals surface area contributed by atoms with Crippen molar-refractivity contribution in [2.45, 2.75) is 5.03 Å². The second-order valence-corrected chi connectivity index (χ2v) is 5.73. The second kappa shape index (κ2) is 6.34. The number of hydrogen-bond donors (Lipinski definition) is 0. The molecule has 0 fully saturated rings. The monoisotopic (exact) mass is 281 g/mol. The van der Waals surface area contributed by atoms with E-state index in [0.29, 0.717) is 6.61 Å². The Kier molecular flexibility index (Phi) is 5.38. The number of imidazole rings is 1. The molecule has 0 amide bonds. The minimum absolute atomic E-state index is 0.0289. The molecule has 1 aromatic rings. The zero-order valence-corrected chi connectivity index (χ0v) is 11.4. The molecule has 0 N–H and O–H groups in total.